The normalized spacial score (nSPS) is 21.8. The van der Waals surface area contributed by atoms with Crippen molar-refractivity contribution in [2.75, 3.05) is 0 Å². The first-order valence-corrected chi connectivity index (χ1v) is 3.96. The van der Waals surface area contributed by atoms with Gasteiger partial charge in [0.25, 0.3) is 0 Å². The molecule has 1 heterocycles. The molecule has 1 atom stereocenters. The summed E-state index contributed by atoms with van der Waals surface area (Å²) < 4.78 is 1.93. The highest BCUT2D eigenvalue weighted by atomic mass is 15.3. The van der Waals surface area contributed by atoms with Crippen molar-refractivity contribution >= 4 is 6.08 Å². The second-order valence-electron chi connectivity index (χ2n) is 3.22. The Labute approximate surface area is 66.5 Å². The molecule has 0 N–H and O–H groups in total. The van der Waals surface area contributed by atoms with Crippen LogP contribution >= 0.6 is 0 Å². The Morgan fingerprint density at radius 1 is 1.64 bits per heavy atom. The van der Waals surface area contributed by atoms with Crippen molar-refractivity contribution in [2.45, 2.75) is 13.3 Å². The van der Waals surface area contributed by atoms with Gasteiger partial charge in [-0.05, 0) is 24.0 Å². The highest BCUT2D eigenvalue weighted by molar-refractivity contribution is 5.52. The van der Waals surface area contributed by atoms with E-state index in [0.717, 1.165) is 6.42 Å². The first-order chi connectivity index (χ1) is 5.27. The second-order valence-corrected chi connectivity index (χ2v) is 3.22. The van der Waals surface area contributed by atoms with Crippen molar-refractivity contribution in [1.82, 2.24) is 9.78 Å². The molecule has 0 aliphatic heterocycles. The molecular weight excluding hydrogens is 136 g/mol. The van der Waals surface area contributed by atoms with Gasteiger partial charge in [0.2, 0.25) is 0 Å². The summed E-state index contributed by atoms with van der Waals surface area (Å²) in [4.78, 5) is 0. The summed E-state index contributed by atoms with van der Waals surface area (Å²) in [6, 6.07) is 0. The zero-order valence-electron chi connectivity index (χ0n) is 6.91. The highest BCUT2D eigenvalue weighted by Gasteiger charge is 2.12. The Bertz CT molecular complexity index is 297. The Morgan fingerprint density at radius 2 is 2.45 bits per heavy atom. The van der Waals surface area contributed by atoms with Crippen molar-refractivity contribution in [3.63, 3.8) is 0 Å². The van der Waals surface area contributed by atoms with E-state index in [2.05, 4.69) is 24.2 Å². The molecule has 0 saturated carbocycles. The third-order valence-corrected chi connectivity index (χ3v) is 2.19. The minimum atomic E-state index is 0.673. The van der Waals surface area contributed by atoms with Crippen LogP contribution in [0.1, 0.15) is 18.2 Å². The second kappa shape index (κ2) is 2.22. The van der Waals surface area contributed by atoms with Gasteiger partial charge in [-0.25, -0.2) is 0 Å². The topological polar surface area (TPSA) is 17.8 Å². The molecule has 0 amide bonds. The Kier molecular flexibility index (Phi) is 1.34. The molecule has 2 rings (SSSR count). The van der Waals surface area contributed by atoms with E-state index in [1.807, 2.05) is 17.9 Å². The van der Waals surface area contributed by atoms with Crippen molar-refractivity contribution < 1.29 is 0 Å². The molecule has 0 unspecified atom stereocenters. The monoisotopic (exact) mass is 148 g/mol. The van der Waals surface area contributed by atoms with Crippen LogP contribution in [0, 0.1) is 5.92 Å². The van der Waals surface area contributed by atoms with Crippen LogP contribution < -0.4 is 0 Å². The Hall–Kier alpha value is -1.05. The van der Waals surface area contributed by atoms with E-state index in [-0.39, 0.29) is 0 Å². The summed E-state index contributed by atoms with van der Waals surface area (Å²) in [5.74, 6) is 0.673. The van der Waals surface area contributed by atoms with Crippen LogP contribution in [0.4, 0.5) is 0 Å². The number of hydrogen-bond donors (Lipinski definition) is 0. The zero-order chi connectivity index (χ0) is 7.84. The standard InChI is InChI=1S/C9H12N2/c1-7-3-4-9-8(5-7)6-10-11(9)2/h3-4,6-7H,5H2,1-2H3/t7-/m0/s1. The largest absolute Gasteiger partial charge is 0.268 e. The lowest BCUT2D eigenvalue weighted by Crippen LogP contribution is -2.03. The average molecular weight is 148 g/mol. The quantitative estimate of drug-likeness (QED) is 0.546. The van der Waals surface area contributed by atoms with Gasteiger partial charge in [-0.15, -0.1) is 0 Å². The summed E-state index contributed by atoms with van der Waals surface area (Å²) in [7, 11) is 1.99. The van der Waals surface area contributed by atoms with Gasteiger partial charge in [-0.3, -0.25) is 4.68 Å². The zero-order valence-corrected chi connectivity index (χ0v) is 6.91. The van der Waals surface area contributed by atoms with Crippen molar-refractivity contribution in [1.29, 1.82) is 0 Å². The summed E-state index contributed by atoms with van der Waals surface area (Å²) in [5.41, 5.74) is 2.64. The lowest BCUT2D eigenvalue weighted by atomic mass is 9.96. The molecule has 0 radical (unpaired) electrons. The fourth-order valence-electron chi connectivity index (χ4n) is 1.53. The lowest BCUT2D eigenvalue weighted by Gasteiger charge is -2.11. The molecule has 0 saturated heterocycles. The van der Waals surface area contributed by atoms with Crippen molar-refractivity contribution in [3.8, 4) is 0 Å². The molecule has 2 nitrogen and oxygen atoms in total. The minimum Gasteiger partial charge on any atom is -0.268 e. The Morgan fingerprint density at radius 3 is 3.27 bits per heavy atom. The lowest BCUT2D eigenvalue weighted by molar-refractivity contribution is 0.705. The van der Waals surface area contributed by atoms with E-state index in [0.29, 0.717) is 5.92 Å². The third kappa shape index (κ3) is 0.985. The Balaban J connectivity index is 2.48. The number of rotatable bonds is 0. The van der Waals surface area contributed by atoms with E-state index >= 15 is 0 Å². The highest BCUT2D eigenvalue weighted by Crippen LogP contribution is 2.21. The van der Waals surface area contributed by atoms with Gasteiger partial charge in [0, 0.05) is 7.05 Å². The van der Waals surface area contributed by atoms with E-state index in [9.17, 15) is 0 Å². The third-order valence-electron chi connectivity index (χ3n) is 2.19. The number of aromatic nitrogens is 2. The van der Waals surface area contributed by atoms with Crippen LogP contribution in [0.25, 0.3) is 6.08 Å². The van der Waals surface area contributed by atoms with Crippen LogP contribution in [0.15, 0.2) is 12.3 Å². The van der Waals surface area contributed by atoms with Crippen LogP contribution in [-0.4, -0.2) is 9.78 Å². The maximum absolute atomic E-state index is 4.20. The summed E-state index contributed by atoms with van der Waals surface area (Å²) in [5, 5.41) is 4.20. The SMILES string of the molecule is C[C@H]1C=Cc2c(cnn2C)C1. The van der Waals surface area contributed by atoms with E-state index in [4.69, 9.17) is 0 Å². The van der Waals surface area contributed by atoms with Crippen molar-refractivity contribution in [3.05, 3.63) is 23.5 Å². The molecule has 2 heteroatoms. The summed E-state index contributed by atoms with van der Waals surface area (Å²) >= 11 is 0. The molecule has 1 aromatic rings. The van der Waals surface area contributed by atoms with Gasteiger partial charge in [0.05, 0.1) is 11.9 Å². The van der Waals surface area contributed by atoms with Crippen LogP contribution in [-0.2, 0) is 13.5 Å². The predicted molar refractivity (Wildman–Crippen MR) is 45.1 cm³/mol. The van der Waals surface area contributed by atoms with Crippen LogP contribution in [0.3, 0.4) is 0 Å². The predicted octanol–water partition coefficient (Wildman–Crippen LogP) is 1.63. The van der Waals surface area contributed by atoms with Gasteiger partial charge in [0.15, 0.2) is 0 Å². The van der Waals surface area contributed by atoms with E-state index in [1.165, 1.54) is 11.3 Å². The molecule has 1 aliphatic rings. The van der Waals surface area contributed by atoms with Gasteiger partial charge < -0.3 is 0 Å². The van der Waals surface area contributed by atoms with Gasteiger partial charge in [-0.2, -0.15) is 5.10 Å². The van der Waals surface area contributed by atoms with Crippen LogP contribution in [0.5, 0.6) is 0 Å². The number of allylic oxidation sites excluding steroid dienone is 1. The number of fused-ring (bicyclic) bond motifs is 1. The summed E-state index contributed by atoms with van der Waals surface area (Å²) in [6.45, 7) is 2.23. The fourth-order valence-corrected chi connectivity index (χ4v) is 1.53. The molecule has 1 aromatic heterocycles. The average Bonchev–Trinajstić information content (AvgIpc) is 2.32. The van der Waals surface area contributed by atoms with Crippen LogP contribution in [0.2, 0.25) is 0 Å². The van der Waals surface area contributed by atoms with Gasteiger partial charge in [0.1, 0.15) is 0 Å². The summed E-state index contributed by atoms with van der Waals surface area (Å²) in [6.07, 6.45) is 7.51. The number of aryl methyl sites for hydroxylation is 1. The number of hydrogen-bond acceptors (Lipinski definition) is 1. The molecule has 0 bridgehead atoms. The molecular formula is C9H12N2. The first-order valence-electron chi connectivity index (χ1n) is 3.96. The van der Waals surface area contributed by atoms with Gasteiger partial charge >= 0.3 is 0 Å². The molecule has 58 valence electrons. The molecule has 0 fully saturated rings. The van der Waals surface area contributed by atoms with Gasteiger partial charge in [-0.1, -0.05) is 13.0 Å². The van der Waals surface area contributed by atoms with Crippen molar-refractivity contribution in [2.24, 2.45) is 13.0 Å². The van der Waals surface area contributed by atoms with E-state index in [1.54, 1.807) is 0 Å². The maximum atomic E-state index is 4.20. The fraction of sp³-hybridized carbons (Fsp3) is 0.444. The smallest absolute Gasteiger partial charge is 0.0635 e. The maximum Gasteiger partial charge on any atom is 0.0635 e. The minimum absolute atomic E-state index is 0.673. The van der Waals surface area contributed by atoms with E-state index < -0.39 is 0 Å². The molecule has 1 aliphatic carbocycles. The molecule has 0 spiro atoms. The molecule has 0 aromatic carbocycles. The number of nitrogens with zero attached hydrogens (tertiary/aromatic N) is 2. The molecule has 11 heavy (non-hydrogen) atoms. The first kappa shape index (κ1) is 6.65.